The Kier molecular flexibility index (Phi) is 3.33. The van der Waals surface area contributed by atoms with Crippen molar-refractivity contribution in [3.8, 4) is 0 Å². The first-order valence-electron chi connectivity index (χ1n) is 5.67. The Balaban J connectivity index is 2.75. The molecular formula is C15H12O4. The zero-order chi connectivity index (χ0) is 14.0. The Bertz CT molecular complexity index is 686. The van der Waals surface area contributed by atoms with Crippen molar-refractivity contribution in [2.75, 3.05) is 0 Å². The van der Waals surface area contributed by atoms with Gasteiger partial charge in [-0.3, -0.25) is 0 Å². The van der Waals surface area contributed by atoms with Gasteiger partial charge in [0.25, 0.3) is 0 Å². The number of hydrogen-bond donors (Lipinski definition) is 2. The molecule has 0 bridgehead atoms. The standard InChI is InChI=1S/C15H12O4/c1-2-3-9-6-12(15(18)19)7-10-4-5-11(14(16)17)8-13(9)10/h2,4-8H,1,3H2,(H,16,17)(H,18,19). The van der Waals surface area contributed by atoms with Gasteiger partial charge >= 0.3 is 11.9 Å². The van der Waals surface area contributed by atoms with Gasteiger partial charge in [0.2, 0.25) is 0 Å². The number of benzene rings is 2. The molecule has 4 heteroatoms. The average molecular weight is 256 g/mol. The average Bonchev–Trinajstić information content (AvgIpc) is 2.38. The summed E-state index contributed by atoms with van der Waals surface area (Å²) in [6, 6.07) is 7.74. The van der Waals surface area contributed by atoms with E-state index in [0.29, 0.717) is 11.8 Å². The van der Waals surface area contributed by atoms with Gasteiger partial charge in [-0.2, -0.15) is 0 Å². The summed E-state index contributed by atoms with van der Waals surface area (Å²) in [5.41, 5.74) is 1.13. The molecule has 0 heterocycles. The van der Waals surface area contributed by atoms with Crippen LogP contribution in [0.1, 0.15) is 26.3 Å². The van der Waals surface area contributed by atoms with Gasteiger partial charge in [0, 0.05) is 0 Å². The van der Waals surface area contributed by atoms with Gasteiger partial charge in [0.05, 0.1) is 11.1 Å². The molecule has 19 heavy (non-hydrogen) atoms. The Labute approximate surface area is 109 Å². The maximum Gasteiger partial charge on any atom is 0.335 e. The van der Waals surface area contributed by atoms with Crippen LogP contribution in [-0.4, -0.2) is 22.2 Å². The molecule has 0 aromatic heterocycles. The van der Waals surface area contributed by atoms with Gasteiger partial charge in [-0.05, 0) is 47.0 Å². The fourth-order valence-electron chi connectivity index (χ4n) is 2.02. The zero-order valence-electron chi connectivity index (χ0n) is 10.1. The fourth-order valence-corrected chi connectivity index (χ4v) is 2.02. The first kappa shape index (κ1) is 12.8. The van der Waals surface area contributed by atoms with Crippen LogP contribution in [0.3, 0.4) is 0 Å². The second-order valence-corrected chi connectivity index (χ2v) is 4.17. The van der Waals surface area contributed by atoms with Gasteiger partial charge in [-0.15, -0.1) is 6.58 Å². The first-order valence-corrected chi connectivity index (χ1v) is 5.67. The highest BCUT2D eigenvalue weighted by Crippen LogP contribution is 2.24. The molecule has 0 saturated carbocycles. The summed E-state index contributed by atoms with van der Waals surface area (Å²) in [7, 11) is 0. The molecule has 0 amide bonds. The van der Waals surface area contributed by atoms with E-state index in [1.165, 1.54) is 12.1 Å². The summed E-state index contributed by atoms with van der Waals surface area (Å²) in [6.45, 7) is 3.63. The molecule has 4 nitrogen and oxygen atoms in total. The second-order valence-electron chi connectivity index (χ2n) is 4.17. The van der Waals surface area contributed by atoms with E-state index in [0.717, 1.165) is 10.9 Å². The highest BCUT2D eigenvalue weighted by Gasteiger charge is 2.11. The third-order valence-electron chi connectivity index (χ3n) is 2.90. The van der Waals surface area contributed by atoms with E-state index < -0.39 is 11.9 Å². The van der Waals surface area contributed by atoms with Crippen molar-refractivity contribution in [2.24, 2.45) is 0 Å². The third-order valence-corrected chi connectivity index (χ3v) is 2.90. The Morgan fingerprint density at radius 1 is 1.05 bits per heavy atom. The van der Waals surface area contributed by atoms with Crippen LogP contribution in [0.15, 0.2) is 43.0 Å². The lowest BCUT2D eigenvalue weighted by Gasteiger charge is -2.08. The molecular weight excluding hydrogens is 244 g/mol. The molecule has 2 aromatic rings. The fraction of sp³-hybridized carbons (Fsp3) is 0.0667. The van der Waals surface area contributed by atoms with Gasteiger partial charge in [-0.1, -0.05) is 12.1 Å². The van der Waals surface area contributed by atoms with Crippen LogP contribution in [-0.2, 0) is 6.42 Å². The SMILES string of the molecule is C=CCc1cc(C(=O)O)cc2ccc(C(=O)O)cc12. The van der Waals surface area contributed by atoms with Crippen LogP contribution in [0.4, 0.5) is 0 Å². The van der Waals surface area contributed by atoms with E-state index in [-0.39, 0.29) is 11.1 Å². The van der Waals surface area contributed by atoms with Crippen molar-refractivity contribution in [3.63, 3.8) is 0 Å². The number of carboxylic acid groups (broad SMARTS) is 2. The van der Waals surface area contributed by atoms with Gasteiger partial charge in [0.15, 0.2) is 0 Å². The summed E-state index contributed by atoms with van der Waals surface area (Å²) in [5.74, 6) is -2.01. The summed E-state index contributed by atoms with van der Waals surface area (Å²) in [6.07, 6.45) is 2.15. The molecule has 0 atom stereocenters. The largest absolute Gasteiger partial charge is 0.478 e. The van der Waals surface area contributed by atoms with E-state index in [4.69, 9.17) is 10.2 Å². The number of allylic oxidation sites excluding steroid dienone is 1. The summed E-state index contributed by atoms with van der Waals surface area (Å²) < 4.78 is 0. The lowest BCUT2D eigenvalue weighted by atomic mass is 9.97. The quantitative estimate of drug-likeness (QED) is 0.825. The number of aromatic carboxylic acids is 2. The molecule has 2 rings (SSSR count). The molecule has 0 saturated heterocycles. The lowest BCUT2D eigenvalue weighted by molar-refractivity contribution is 0.0686. The minimum atomic E-state index is -1.01. The lowest BCUT2D eigenvalue weighted by Crippen LogP contribution is -2.00. The number of carbonyl (C=O) groups is 2. The minimum absolute atomic E-state index is 0.181. The van der Waals surface area contributed by atoms with Crippen molar-refractivity contribution in [1.82, 2.24) is 0 Å². The molecule has 0 aliphatic heterocycles. The molecule has 0 aliphatic carbocycles. The molecule has 96 valence electrons. The normalized spacial score (nSPS) is 10.3. The van der Waals surface area contributed by atoms with Crippen LogP contribution in [0, 0.1) is 0 Å². The molecule has 0 unspecified atom stereocenters. The molecule has 0 radical (unpaired) electrons. The smallest absolute Gasteiger partial charge is 0.335 e. The van der Waals surface area contributed by atoms with Gasteiger partial charge in [0.1, 0.15) is 0 Å². The Morgan fingerprint density at radius 3 is 2.32 bits per heavy atom. The van der Waals surface area contributed by atoms with Crippen LogP contribution >= 0.6 is 0 Å². The monoisotopic (exact) mass is 256 g/mol. The predicted octanol–water partition coefficient (Wildman–Crippen LogP) is 2.96. The Hall–Kier alpha value is -2.62. The van der Waals surface area contributed by atoms with Crippen molar-refractivity contribution < 1.29 is 19.8 Å². The second kappa shape index (κ2) is 4.94. The summed E-state index contributed by atoms with van der Waals surface area (Å²) in [4.78, 5) is 22.0. The van der Waals surface area contributed by atoms with Crippen LogP contribution < -0.4 is 0 Å². The van der Waals surface area contributed by atoms with Crippen LogP contribution in [0.5, 0.6) is 0 Å². The van der Waals surface area contributed by atoms with Gasteiger partial charge in [-0.25, -0.2) is 9.59 Å². The predicted molar refractivity (Wildman–Crippen MR) is 71.8 cm³/mol. The van der Waals surface area contributed by atoms with Crippen molar-refractivity contribution in [2.45, 2.75) is 6.42 Å². The number of fused-ring (bicyclic) bond motifs is 1. The topological polar surface area (TPSA) is 74.6 Å². The minimum Gasteiger partial charge on any atom is -0.478 e. The van der Waals surface area contributed by atoms with Crippen molar-refractivity contribution >= 4 is 22.7 Å². The number of hydrogen-bond acceptors (Lipinski definition) is 2. The number of rotatable bonds is 4. The van der Waals surface area contributed by atoms with Crippen molar-refractivity contribution in [1.29, 1.82) is 0 Å². The third kappa shape index (κ3) is 2.47. The molecule has 0 fully saturated rings. The summed E-state index contributed by atoms with van der Waals surface area (Å²) >= 11 is 0. The Morgan fingerprint density at radius 2 is 1.74 bits per heavy atom. The maximum atomic E-state index is 11.1. The zero-order valence-corrected chi connectivity index (χ0v) is 10.1. The number of carboxylic acids is 2. The molecule has 2 aromatic carbocycles. The van der Waals surface area contributed by atoms with Crippen LogP contribution in [0.25, 0.3) is 10.8 Å². The summed E-state index contributed by atoms with van der Waals surface area (Å²) in [5, 5.41) is 19.5. The molecule has 0 aliphatic rings. The molecule has 2 N–H and O–H groups in total. The van der Waals surface area contributed by atoms with Gasteiger partial charge < -0.3 is 10.2 Å². The highest BCUT2D eigenvalue weighted by molar-refractivity contribution is 5.99. The van der Waals surface area contributed by atoms with E-state index in [2.05, 4.69) is 6.58 Å². The van der Waals surface area contributed by atoms with E-state index in [9.17, 15) is 9.59 Å². The highest BCUT2D eigenvalue weighted by atomic mass is 16.4. The maximum absolute atomic E-state index is 11.1. The first-order chi connectivity index (χ1) is 9.02. The van der Waals surface area contributed by atoms with Crippen molar-refractivity contribution in [3.05, 3.63) is 59.7 Å². The van der Waals surface area contributed by atoms with Crippen LogP contribution in [0.2, 0.25) is 0 Å². The van der Waals surface area contributed by atoms with E-state index in [1.807, 2.05) is 0 Å². The van der Waals surface area contributed by atoms with E-state index in [1.54, 1.807) is 24.3 Å². The molecule has 0 spiro atoms. The van der Waals surface area contributed by atoms with E-state index >= 15 is 0 Å².